The first-order valence-electron chi connectivity index (χ1n) is 12.0. The number of nitrogen functional groups attached to an aromatic ring is 1. The molecule has 0 aromatic heterocycles. The van der Waals surface area contributed by atoms with Crippen LogP contribution in [0.1, 0.15) is 34.6 Å². The van der Waals surface area contributed by atoms with Crippen molar-refractivity contribution >= 4 is 27.4 Å². The number of rotatable bonds is 8. The lowest BCUT2D eigenvalue weighted by atomic mass is 9.86. The molecule has 0 aliphatic carbocycles. The highest BCUT2D eigenvalue weighted by Crippen LogP contribution is 2.39. The minimum absolute atomic E-state index is 0.113. The fourth-order valence-electron chi connectivity index (χ4n) is 4.72. The largest absolute Gasteiger partial charge is 0.494 e. The summed E-state index contributed by atoms with van der Waals surface area (Å²) in [5, 5.41) is 11.1. The average Bonchev–Trinajstić information content (AvgIpc) is 2.99. The molecule has 1 aliphatic heterocycles. The van der Waals surface area contributed by atoms with Crippen LogP contribution in [-0.2, 0) is 21.4 Å². The van der Waals surface area contributed by atoms with Gasteiger partial charge in [-0.3, -0.25) is 4.79 Å². The molecule has 0 spiro atoms. The van der Waals surface area contributed by atoms with Gasteiger partial charge < -0.3 is 25.3 Å². The molecule has 38 heavy (non-hydrogen) atoms. The summed E-state index contributed by atoms with van der Waals surface area (Å²) in [5.74, 6) is 5.11. The van der Waals surface area contributed by atoms with Crippen LogP contribution < -0.4 is 26.1 Å². The van der Waals surface area contributed by atoms with Crippen LogP contribution in [-0.4, -0.2) is 51.1 Å². The second-order valence-electron chi connectivity index (χ2n) is 9.24. The molecule has 0 saturated carbocycles. The number of anilines is 2. The number of aliphatic carboxylic acids is 1. The molecule has 1 aliphatic rings. The average molecular weight is 541 g/mol. The number of carboxylic acid groups (broad SMARTS) is 1. The van der Waals surface area contributed by atoms with Crippen molar-refractivity contribution in [3.8, 4) is 11.5 Å². The molecule has 4 rings (SSSR count). The lowest BCUT2D eigenvalue weighted by Gasteiger charge is -2.24. The molecule has 3 aromatic rings. The van der Waals surface area contributed by atoms with Gasteiger partial charge in [-0.15, -0.1) is 0 Å². The van der Waals surface area contributed by atoms with E-state index in [0.717, 1.165) is 11.1 Å². The summed E-state index contributed by atoms with van der Waals surface area (Å²) in [4.78, 5) is 12.0. The fraction of sp³-hybridized carbons (Fsp3) is 0.296. The molecule has 10 nitrogen and oxygen atoms in total. The molecule has 1 atom stereocenters. The number of fused-ring (bicyclic) bond motifs is 1. The Morgan fingerprint density at radius 1 is 1.18 bits per heavy atom. The summed E-state index contributed by atoms with van der Waals surface area (Å²) in [6.07, 6.45) is -0.202. The van der Waals surface area contributed by atoms with Gasteiger partial charge in [0.2, 0.25) is 10.0 Å². The van der Waals surface area contributed by atoms with E-state index in [1.807, 2.05) is 25.1 Å². The van der Waals surface area contributed by atoms with Gasteiger partial charge in [-0.1, -0.05) is 30.3 Å². The maximum Gasteiger partial charge on any atom is 0.304 e. The quantitative estimate of drug-likeness (QED) is 0.223. The number of ether oxygens (including phenoxy) is 2. The van der Waals surface area contributed by atoms with Crippen molar-refractivity contribution in [1.29, 1.82) is 0 Å². The molecule has 3 aromatic carbocycles. The number of para-hydroxylation sites is 1. The SMILES string of the molecule is COc1cc(C(CC(=O)O)c2ccc(C)c(CN3CCOc4ccccc4S3(=O)=O)c2)cc(N)c1N(C)N. The zero-order chi connectivity index (χ0) is 27.6. The number of hydrazine groups is 1. The van der Waals surface area contributed by atoms with Crippen molar-refractivity contribution in [2.45, 2.75) is 30.7 Å². The van der Waals surface area contributed by atoms with Gasteiger partial charge in [0, 0.05) is 26.1 Å². The van der Waals surface area contributed by atoms with Gasteiger partial charge in [0.15, 0.2) is 0 Å². The van der Waals surface area contributed by atoms with Gasteiger partial charge in [0.25, 0.3) is 0 Å². The smallest absolute Gasteiger partial charge is 0.304 e. The predicted octanol–water partition coefficient (Wildman–Crippen LogP) is 3.09. The normalized spacial score (nSPS) is 15.6. The van der Waals surface area contributed by atoms with E-state index in [4.69, 9.17) is 21.1 Å². The number of nitrogens with zero attached hydrogens (tertiary/aromatic N) is 2. The topological polar surface area (TPSA) is 148 Å². The van der Waals surface area contributed by atoms with Crippen LogP contribution in [0.2, 0.25) is 0 Å². The standard InChI is InChI=1S/C27H32N4O6S/c1-17-8-9-18(21(15-26(32)33)19-13-22(28)27(30(2)29)24(14-19)36-3)12-20(17)16-31-10-11-37-23-6-4-5-7-25(23)38(31,34)35/h4-9,12-14,21H,10-11,15-16,28-29H2,1-3H3,(H,32,33). The van der Waals surface area contributed by atoms with Crippen molar-refractivity contribution in [2.75, 3.05) is 38.1 Å². The van der Waals surface area contributed by atoms with Crippen molar-refractivity contribution in [3.05, 3.63) is 76.9 Å². The van der Waals surface area contributed by atoms with Gasteiger partial charge >= 0.3 is 5.97 Å². The molecule has 202 valence electrons. The molecule has 11 heteroatoms. The molecule has 0 fully saturated rings. The monoisotopic (exact) mass is 540 g/mol. The maximum atomic E-state index is 13.4. The number of aryl methyl sites for hydroxylation is 1. The lowest BCUT2D eigenvalue weighted by Crippen LogP contribution is -2.32. The van der Waals surface area contributed by atoms with Gasteiger partial charge in [0.1, 0.15) is 28.7 Å². The number of carbonyl (C=O) groups is 1. The van der Waals surface area contributed by atoms with Crippen molar-refractivity contribution in [2.24, 2.45) is 5.84 Å². The van der Waals surface area contributed by atoms with Gasteiger partial charge in [-0.2, -0.15) is 4.31 Å². The second kappa shape index (κ2) is 10.9. The summed E-state index contributed by atoms with van der Waals surface area (Å²) < 4.78 is 39.5. The van der Waals surface area contributed by atoms with Crippen LogP contribution in [0.5, 0.6) is 11.5 Å². The van der Waals surface area contributed by atoms with Gasteiger partial charge in [-0.05, 0) is 53.4 Å². The van der Waals surface area contributed by atoms with Crippen LogP contribution in [0.15, 0.2) is 59.5 Å². The Balaban J connectivity index is 1.75. The molecule has 0 bridgehead atoms. The summed E-state index contributed by atoms with van der Waals surface area (Å²) in [6, 6.07) is 15.6. The number of nitrogens with two attached hydrogens (primary N) is 2. The third-order valence-electron chi connectivity index (χ3n) is 6.67. The Labute approximate surface area is 222 Å². The molecule has 1 unspecified atom stereocenters. The third kappa shape index (κ3) is 5.40. The Kier molecular flexibility index (Phi) is 7.81. The molecular formula is C27H32N4O6S. The predicted molar refractivity (Wildman–Crippen MR) is 145 cm³/mol. The molecule has 0 saturated heterocycles. The van der Waals surface area contributed by atoms with Crippen LogP contribution >= 0.6 is 0 Å². The highest BCUT2D eigenvalue weighted by Gasteiger charge is 2.31. The second-order valence-corrected chi connectivity index (χ2v) is 11.1. The fourth-order valence-corrected chi connectivity index (χ4v) is 6.25. The lowest BCUT2D eigenvalue weighted by molar-refractivity contribution is -0.137. The van der Waals surface area contributed by atoms with E-state index in [1.54, 1.807) is 37.4 Å². The molecule has 1 heterocycles. The minimum atomic E-state index is -3.80. The number of benzene rings is 3. The Morgan fingerprint density at radius 2 is 1.92 bits per heavy atom. The summed E-state index contributed by atoms with van der Waals surface area (Å²) in [5.41, 5.74) is 10.1. The highest BCUT2D eigenvalue weighted by atomic mass is 32.2. The van der Waals surface area contributed by atoms with Gasteiger partial charge in [0.05, 0.1) is 19.2 Å². The first-order chi connectivity index (χ1) is 18.0. The Morgan fingerprint density at radius 3 is 2.61 bits per heavy atom. The van der Waals surface area contributed by atoms with Crippen LogP contribution in [0, 0.1) is 6.92 Å². The van der Waals surface area contributed by atoms with E-state index in [-0.39, 0.29) is 31.0 Å². The summed E-state index contributed by atoms with van der Waals surface area (Å²) in [6.45, 7) is 2.41. The van der Waals surface area contributed by atoms with E-state index in [2.05, 4.69) is 0 Å². The van der Waals surface area contributed by atoms with E-state index >= 15 is 0 Å². The van der Waals surface area contributed by atoms with E-state index in [1.165, 1.54) is 22.5 Å². The number of carboxylic acids is 1. The molecule has 5 N–H and O–H groups in total. The minimum Gasteiger partial charge on any atom is -0.494 e. The number of hydrogen-bond donors (Lipinski definition) is 3. The number of methoxy groups -OCH3 is 1. The van der Waals surface area contributed by atoms with Crippen molar-refractivity contribution in [3.63, 3.8) is 0 Å². The molecule has 0 radical (unpaired) electrons. The number of sulfonamides is 1. The van der Waals surface area contributed by atoms with Crippen LogP contribution in [0.3, 0.4) is 0 Å². The van der Waals surface area contributed by atoms with E-state index in [9.17, 15) is 18.3 Å². The third-order valence-corrected chi connectivity index (χ3v) is 8.55. The summed E-state index contributed by atoms with van der Waals surface area (Å²) >= 11 is 0. The first-order valence-corrected chi connectivity index (χ1v) is 13.5. The summed E-state index contributed by atoms with van der Waals surface area (Å²) in [7, 11) is -0.676. The molecule has 0 amide bonds. The van der Waals surface area contributed by atoms with Gasteiger partial charge in [-0.25, -0.2) is 14.3 Å². The van der Waals surface area contributed by atoms with E-state index < -0.39 is 21.9 Å². The first kappa shape index (κ1) is 27.2. The number of hydrogen-bond acceptors (Lipinski definition) is 8. The molecular weight excluding hydrogens is 508 g/mol. The Hall–Kier alpha value is -3.80. The van der Waals surface area contributed by atoms with Crippen LogP contribution in [0.4, 0.5) is 11.4 Å². The zero-order valence-corrected chi connectivity index (χ0v) is 22.4. The van der Waals surface area contributed by atoms with E-state index in [0.29, 0.717) is 34.0 Å². The maximum absolute atomic E-state index is 13.4. The van der Waals surface area contributed by atoms with Crippen molar-refractivity contribution in [1.82, 2.24) is 4.31 Å². The zero-order valence-electron chi connectivity index (χ0n) is 21.5. The van der Waals surface area contributed by atoms with Crippen LogP contribution in [0.25, 0.3) is 0 Å². The van der Waals surface area contributed by atoms with Crippen molar-refractivity contribution < 1.29 is 27.8 Å². The highest BCUT2D eigenvalue weighted by molar-refractivity contribution is 7.89. The Bertz CT molecular complexity index is 1460.